The Labute approximate surface area is 115 Å². The van der Waals surface area contributed by atoms with Crippen LogP contribution in [-0.4, -0.2) is 30.2 Å². The maximum absolute atomic E-state index is 13.5. The van der Waals surface area contributed by atoms with Crippen LogP contribution in [0.4, 0.5) is 10.1 Å². The van der Waals surface area contributed by atoms with Gasteiger partial charge in [0.25, 0.3) is 0 Å². The molecule has 0 saturated carbocycles. The first-order valence-corrected chi connectivity index (χ1v) is 6.06. The van der Waals surface area contributed by atoms with Crippen molar-refractivity contribution in [2.24, 2.45) is 10.9 Å². The zero-order valence-electron chi connectivity index (χ0n) is 10.2. The van der Waals surface area contributed by atoms with Crippen LogP contribution < -0.4 is 0 Å². The number of hydrogen-bond acceptors (Lipinski definition) is 4. The summed E-state index contributed by atoms with van der Waals surface area (Å²) in [7, 11) is 1.54. The van der Waals surface area contributed by atoms with Crippen molar-refractivity contribution in [3.8, 4) is 0 Å². The Morgan fingerprint density at radius 3 is 3.11 bits per heavy atom. The quantitative estimate of drug-likeness (QED) is 0.633. The summed E-state index contributed by atoms with van der Waals surface area (Å²) in [6.07, 6.45) is 5.44. The molecule has 1 heterocycles. The molecular formula is C13H12ClFN2O2. The van der Waals surface area contributed by atoms with E-state index in [0.29, 0.717) is 12.1 Å². The van der Waals surface area contributed by atoms with Crippen LogP contribution in [0.2, 0.25) is 5.15 Å². The van der Waals surface area contributed by atoms with Crippen LogP contribution in [0.25, 0.3) is 0 Å². The summed E-state index contributed by atoms with van der Waals surface area (Å²) in [4.78, 5) is 18.8. The fourth-order valence-corrected chi connectivity index (χ4v) is 2.03. The molecule has 2 rings (SSSR count). The van der Waals surface area contributed by atoms with Crippen LogP contribution in [0.3, 0.4) is 0 Å². The Morgan fingerprint density at radius 2 is 2.42 bits per heavy atom. The van der Waals surface area contributed by atoms with Crippen LogP contribution in [0.15, 0.2) is 29.4 Å². The van der Waals surface area contributed by atoms with Gasteiger partial charge in [0.05, 0.1) is 12.3 Å². The Balaban J connectivity index is 2.29. The second-order valence-corrected chi connectivity index (χ2v) is 4.51. The van der Waals surface area contributed by atoms with Crippen molar-refractivity contribution < 1.29 is 13.9 Å². The molecule has 0 N–H and O–H groups in total. The molecule has 2 atom stereocenters. The van der Waals surface area contributed by atoms with Gasteiger partial charge in [-0.1, -0.05) is 17.7 Å². The van der Waals surface area contributed by atoms with Gasteiger partial charge in [-0.25, -0.2) is 9.37 Å². The van der Waals surface area contributed by atoms with Gasteiger partial charge in [-0.3, -0.25) is 4.99 Å². The lowest BCUT2D eigenvalue weighted by Gasteiger charge is -2.22. The molecule has 0 spiro atoms. The number of carbonyl (C=O) groups excluding carboxylic acids is 1. The van der Waals surface area contributed by atoms with Crippen LogP contribution in [-0.2, 0) is 9.53 Å². The highest BCUT2D eigenvalue weighted by Gasteiger charge is 2.23. The third-order valence-electron chi connectivity index (χ3n) is 2.86. The number of pyridine rings is 1. The molecule has 4 nitrogen and oxygen atoms in total. The number of nitrogens with zero attached hydrogens (tertiary/aromatic N) is 2. The maximum atomic E-state index is 13.5. The van der Waals surface area contributed by atoms with Gasteiger partial charge in [0.2, 0.25) is 0 Å². The first-order valence-electron chi connectivity index (χ1n) is 5.69. The number of ether oxygens (including phenoxy) is 1. The van der Waals surface area contributed by atoms with E-state index in [0.717, 1.165) is 12.5 Å². The fraction of sp³-hybridized carbons (Fsp3) is 0.308. The number of hydrogen-bond donors (Lipinski definition) is 0. The smallest absolute Gasteiger partial charge is 0.167 e. The normalized spacial score (nSPS) is 24.7. The average Bonchev–Trinajstić information content (AvgIpc) is 2.42. The number of allylic oxidation sites excluding steroid dienone is 1. The van der Waals surface area contributed by atoms with Crippen molar-refractivity contribution in [2.45, 2.75) is 12.5 Å². The Bertz CT molecular complexity index is 545. The maximum Gasteiger partial charge on any atom is 0.167 e. The largest absolute Gasteiger partial charge is 0.377 e. The van der Waals surface area contributed by atoms with E-state index in [-0.39, 0.29) is 22.9 Å². The minimum Gasteiger partial charge on any atom is -0.377 e. The monoisotopic (exact) mass is 282 g/mol. The van der Waals surface area contributed by atoms with Crippen molar-refractivity contribution >= 4 is 29.3 Å². The van der Waals surface area contributed by atoms with Crippen LogP contribution in [0.1, 0.15) is 6.42 Å². The number of aromatic nitrogens is 1. The fourth-order valence-electron chi connectivity index (χ4n) is 1.88. The van der Waals surface area contributed by atoms with Crippen molar-refractivity contribution in [1.82, 2.24) is 4.98 Å². The molecule has 0 radical (unpaired) electrons. The van der Waals surface area contributed by atoms with E-state index in [1.807, 2.05) is 0 Å². The Kier molecular flexibility index (Phi) is 4.39. The van der Waals surface area contributed by atoms with Gasteiger partial charge in [-0.2, -0.15) is 0 Å². The Morgan fingerprint density at radius 1 is 1.63 bits per heavy atom. The SMILES string of the molecule is COC1C=CC(=Nc2cc(Cl)ncc2F)CC1C=O. The second-order valence-electron chi connectivity index (χ2n) is 4.13. The average molecular weight is 283 g/mol. The van der Waals surface area contributed by atoms with Crippen LogP contribution in [0.5, 0.6) is 0 Å². The molecule has 6 heteroatoms. The minimum atomic E-state index is -0.554. The topological polar surface area (TPSA) is 51.6 Å². The van der Waals surface area contributed by atoms with E-state index in [1.54, 1.807) is 12.2 Å². The standard InChI is InChI=1S/C13H12ClFN2O2/c1-19-12-3-2-9(4-8(12)7-18)17-11-5-13(14)16-6-10(11)15/h2-3,5-8,12H,4H2,1H3. The number of aliphatic imine (C=N–C) groups is 1. The van der Waals surface area contributed by atoms with Gasteiger partial charge < -0.3 is 9.53 Å². The number of halogens is 2. The van der Waals surface area contributed by atoms with E-state index < -0.39 is 5.82 Å². The zero-order valence-corrected chi connectivity index (χ0v) is 11.0. The van der Waals surface area contributed by atoms with E-state index in [4.69, 9.17) is 16.3 Å². The summed E-state index contributed by atoms with van der Waals surface area (Å²) in [6.45, 7) is 0. The lowest BCUT2D eigenvalue weighted by molar-refractivity contribution is -0.113. The van der Waals surface area contributed by atoms with Crippen LogP contribution >= 0.6 is 11.6 Å². The highest BCUT2D eigenvalue weighted by atomic mass is 35.5. The first-order chi connectivity index (χ1) is 9.13. The van der Waals surface area contributed by atoms with Crippen molar-refractivity contribution in [2.75, 3.05) is 7.11 Å². The third-order valence-corrected chi connectivity index (χ3v) is 3.06. The summed E-state index contributed by atoms with van der Waals surface area (Å²) in [5.41, 5.74) is 0.715. The summed E-state index contributed by atoms with van der Waals surface area (Å²) in [6, 6.07) is 1.34. The predicted molar refractivity (Wildman–Crippen MR) is 70.4 cm³/mol. The third kappa shape index (κ3) is 3.24. The van der Waals surface area contributed by atoms with Crippen molar-refractivity contribution in [3.63, 3.8) is 0 Å². The summed E-state index contributed by atoms with van der Waals surface area (Å²) < 4.78 is 18.7. The molecule has 1 aliphatic carbocycles. The molecule has 1 aromatic heterocycles. The molecule has 0 aliphatic heterocycles. The molecule has 0 fully saturated rings. The van der Waals surface area contributed by atoms with Crippen LogP contribution in [0, 0.1) is 11.7 Å². The van der Waals surface area contributed by atoms with Gasteiger partial charge in [-0.15, -0.1) is 0 Å². The molecule has 0 bridgehead atoms. The highest BCUT2D eigenvalue weighted by molar-refractivity contribution is 6.29. The molecule has 0 amide bonds. The van der Waals surface area contributed by atoms with Crippen molar-refractivity contribution in [1.29, 1.82) is 0 Å². The zero-order chi connectivity index (χ0) is 13.8. The number of rotatable bonds is 3. The van der Waals surface area contributed by atoms with Gasteiger partial charge in [0.15, 0.2) is 5.82 Å². The second kappa shape index (κ2) is 6.04. The lowest BCUT2D eigenvalue weighted by atomic mass is 9.91. The van der Waals surface area contributed by atoms with Crippen molar-refractivity contribution in [3.05, 3.63) is 35.4 Å². The molecule has 1 aromatic rings. The number of carbonyl (C=O) groups is 1. The Hall–Kier alpha value is -1.59. The van der Waals surface area contributed by atoms with E-state index in [9.17, 15) is 9.18 Å². The molecule has 100 valence electrons. The summed E-state index contributed by atoms with van der Waals surface area (Å²) >= 11 is 5.69. The molecule has 19 heavy (non-hydrogen) atoms. The highest BCUT2D eigenvalue weighted by Crippen LogP contribution is 2.24. The number of methoxy groups -OCH3 is 1. The van der Waals surface area contributed by atoms with E-state index in [1.165, 1.54) is 13.2 Å². The van der Waals surface area contributed by atoms with Gasteiger partial charge >= 0.3 is 0 Å². The van der Waals surface area contributed by atoms with E-state index >= 15 is 0 Å². The molecule has 0 aromatic carbocycles. The first kappa shape index (κ1) is 13.8. The predicted octanol–water partition coefficient (Wildman–Crippen LogP) is 2.74. The lowest BCUT2D eigenvalue weighted by Crippen LogP contribution is -2.27. The van der Waals surface area contributed by atoms with Gasteiger partial charge in [0, 0.05) is 31.2 Å². The summed E-state index contributed by atoms with van der Waals surface area (Å²) in [5.74, 6) is -0.865. The minimum absolute atomic E-state index is 0.111. The van der Waals surface area contributed by atoms with Gasteiger partial charge in [0.1, 0.15) is 17.1 Å². The molecule has 1 aliphatic rings. The van der Waals surface area contributed by atoms with E-state index in [2.05, 4.69) is 9.98 Å². The molecule has 2 unspecified atom stereocenters. The number of aldehydes is 1. The molecular weight excluding hydrogens is 271 g/mol. The molecule has 0 saturated heterocycles. The van der Waals surface area contributed by atoms with Gasteiger partial charge in [-0.05, 0) is 6.08 Å². The summed E-state index contributed by atoms with van der Waals surface area (Å²) in [5, 5.41) is 0.169.